The van der Waals surface area contributed by atoms with Crippen molar-refractivity contribution in [2.24, 2.45) is 0 Å². The summed E-state index contributed by atoms with van der Waals surface area (Å²) in [7, 11) is 1.59. The van der Waals surface area contributed by atoms with Gasteiger partial charge in [-0.05, 0) is 18.9 Å². The van der Waals surface area contributed by atoms with Crippen molar-refractivity contribution in [1.29, 1.82) is 0 Å². The van der Waals surface area contributed by atoms with Crippen LogP contribution in [0.15, 0.2) is 12.3 Å². The Morgan fingerprint density at radius 1 is 1.06 bits per heavy atom. The van der Waals surface area contributed by atoms with Gasteiger partial charge in [0.15, 0.2) is 13.1 Å². The van der Waals surface area contributed by atoms with Crippen molar-refractivity contribution in [2.45, 2.75) is 39.4 Å². The molecule has 0 spiro atoms. The second-order valence-corrected chi connectivity index (χ2v) is 3.35. The smallest absolute Gasteiger partial charge is 0.187 e. The molecule has 0 saturated carbocycles. The number of hydrogen-bond donors (Lipinski definition) is 0. The summed E-state index contributed by atoms with van der Waals surface area (Å²) >= 11 is 0. The van der Waals surface area contributed by atoms with E-state index in [1.54, 1.807) is 13.4 Å². The van der Waals surface area contributed by atoms with E-state index in [2.05, 4.69) is 13.8 Å². The minimum atomic E-state index is -0.165. The molecule has 0 fully saturated rings. The summed E-state index contributed by atoms with van der Waals surface area (Å²) in [4.78, 5) is 0. The van der Waals surface area contributed by atoms with Gasteiger partial charge in [0.1, 0.15) is 0 Å². The topological polar surface area (TPSA) is 36.9 Å². The zero-order valence-electron chi connectivity index (χ0n) is 10.6. The van der Waals surface area contributed by atoms with Gasteiger partial charge in [-0.2, -0.15) is 0 Å². The van der Waals surface area contributed by atoms with E-state index in [1.807, 2.05) is 6.08 Å². The van der Waals surface area contributed by atoms with Crippen LogP contribution in [0.5, 0.6) is 0 Å². The van der Waals surface area contributed by atoms with Crippen LogP contribution in [0.3, 0.4) is 0 Å². The first-order valence-corrected chi connectivity index (χ1v) is 5.83. The summed E-state index contributed by atoms with van der Waals surface area (Å²) in [5.74, 6) is 0. The van der Waals surface area contributed by atoms with Gasteiger partial charge in [-0.15, -0.1) is 0 Å². The lowest BCUT2D eigenvalue weighted by Gasteiger charge is -2.16. The third-order valence-electron chi connectivity index (χ3n) is 1.72. The van der Waals surface area contributed by atoms with Gasteiger partial charge in [0.2, 0.25) is 0 Å². The average Bonchev–Trinajstić information content (AvgIpc) is 2.31. The van der Waals surface area contributed by atoms with Gasteiger partial charge >= 0.3 is 0 Å². The van der Waals surface area contributed by atoms with E-state index in [0.717, 1.165) is 26.1 Å². The van der Waals surface area contributed by atoms with Gasteiger partial charge in [-0.1, -0.05) is 13.8 Å². The Kier molecular flexibility index (Phi) is 12.0. The third-order valence-corrected chi connectivity index (χ3v) is 1.72. The van der Waals surface area contributed by atoms with Crippen LogP contribution in [0.25, 0.3) is 0 Å². The lowest BCUT2D eigenvalue weighted by atomic mass is 10.4. The van der Waals surface area contributed by atoms with Crippen LogP contribution in [0.1, 0.15) is 33.1 Å². The maximum absolute atomic E-state index is 5.54. The summed E-state index contributed by atoms with van der Waals surface area (Å²) in [6.45, 7) is 5.87. The maximum Gasteiger partial charge on any atom is 0.187 e. The summed E-state index contributed by atoms with van der Waals surface area (Å²) < 4.78 is 20.9. The van der Waals surface area contributed by atoms with E-state index in [9.17, 15) is 0 Å². The molecule has 0 N–H and O–H groups in total. The molecule has 0 heterocycles. The van der Waals surface area contributed by atoms with Crippen molar-refractivity contribution >= 4 is 0 Å². The SMILES string of the molecule is CCCOC(CC=COCOC)OCCC. The fraction of sp³-hybridized carbons (Fsp3) is 0.833. The lowest BCUT2D eigenvalue weighted by molar-refractivity contribution is -0.139. The summed E-state index contributed by atoms with van der Waals surface area (Å²) in [6, 6.07) is 0. The Morgan fingerprint density at radius 3 is 2.19 bits per heavy atom. The molecule has 0 aliphatic heterocycles. The molecule has 0 aliphatic rings. The zero-order chi connectivity index (χ0) is 12.1. The molecule has 96 valence electrons. The fourth-order valence-electron chi connectivity index (χ4n) is 1.02. The predicted molar refractivity (Wildman–Crippen MR) is 63.0 cm³/mol. The summed E-state index contributed by atoms with van der Waals surface area (Å²) in [6.07, 6.45) is 6.02. The Morgan fingerprint density at radius 2 is 1.69 bits per heavy atom. The molecule has 0 saturated heterocycles. The number of hydrogen-bond acceptors (Lipinski definition) is 4. The Bertz CT molecular complexity index is 151. The Hall–Kier alpha value is -0.580. The van der Waals surface area contributed by atoms with Gasteiger partial charge in [-0.25, -0.2) is 0 Å². The molecule has 0 aromatic heterocycles. The molecule has 4 nitrogen and oxygen atoms in total. The fourth-order valence-corrected chi connectivity index (χ4v) is 1.02. The van der Waals surface area contributed by atoms with E-state index in [1.165, 1.54) is 0 Å². The molecule has 0 radical (unpaired) electrons. The largest absolute Gasteiger partial charge is 0.476 e. The molecule has 0 unspecified atom stereocenters. The van der Waals surface area contributed by atoms with Crippen LogP contribution in [-0.4, -0.2) is 33.4 Å². The lowest BCUT2D eigenvalue weighted by Crippen LogP contribution is -2.17. The number of methoxy groups -OCH3 is 1. The van der Waals surface area contributed by atoms with Crippen LogP contribution in [-0.2, 0) is 18.9 Å². The molecular weight excluding hydrogens is 208 g/mol. The molecule has 4 heteroatoms. The van der Waals surface area contributed by atoms with Crippen molar-refractivity contribution in [1.82, 2.24) is 0 Å². The molecule has 0 amide bonds. The minimum Gasteiger partial charge on any atom is -0.476 e. The second-order valence-electron chi connectivity index (χ2n) is 3.35. The highest BCUT2D eigenvalue weighted by atomic mass is 16.7. The van der Waals surface area contributed by atoms with E-state index in [0.29, 0.717) is 6.42 Å². The quantitative estimate of drug-likeness (QED) is 0.312. The van der Waals surface area contributed by atoms with E-state index in [4.69, 9.17) is 18.9 Å². The molecule has 0 aliphatic carbocycles. The molecule has 0 bridgehead atoms. The van der Waals surface area contributed by atoms with Crippen molar-refractivity contribution in [3.63, 3.8) is 0 Å². The average molecular weight is 232 g/mol. The van der Waals surface area contributed by atoms with Crippen LogP contribution in [0, 0.1) is 0 Å². The zero-order valence-corrected chi connectivity index (χ0v) is 10.6. The van der Waals surface area contributed by atoms with Crippen molar-refractivity contribution in [3.05, 3.63) is 12.3 Å². The predicted octanol–water partition coefficient (Wildman–Crippen LogP) is 2.69. The van der Waals surface area contributed by atoms with Crippen molar-refractivity contribution in [2.75, 3.05) is 27.1 Å². The first-order chi connectivity index (χ1) is 7.85. The number of ether oxygens (including phenoxy) is 4. The van der Waals surface area contributed by atoms with Gasteiger partial charge in [0, 0.05) is 26.7 Å². The molecule has 0 aromatic rings. The highest BCUT2D eigenvalue weighted by Gasteiger charge is 2.05. The van der Waals surface area contributed by atoms with E-state index in [-0.39, 0.29) is 13.1 Å². The first kappa shape index (κ1) is 15.4. The van der Waals surface area contributed by atoms with Gasteiger partial charge in [0.25, 0.3) is 0 Å². The van der Waals surface area contributed by atoms with Crippen LogP contribution in [0.4, 0.5) is 0 Å². The molecule has 16 heavy (non-hydrogen) atoms. The Balaban J connectivity index is 3.67. The highest BCUT2D eigenvalue weighted by molar-refractivity contribution is 4.74. The first-order valence-electron chi connectivity index (χ1n) is 5.83. The van der Waals surface area contributed by atoms with Gasteiger partial charge < -0.3 is 18.9 Å². The van der Waals surface area contributed by atoms with Crippen LogP contribution >= 0.6 is 0 Å². The van der Waals surface area contributed by atoms with E-state index >= 15 is 0 Å². The van der Waals surface area contributed by atoms with E-state index < -0.39 is 0 Å². The molecule has 0 atom stereocenters. The second kappa shape index (κ2) is 12.5. The van der Waals surface area contributed by atoms with Crippen molar-refractivity contribution < 1.29 is 18.9 Å². The molecule has 0 aromatic carbocycles. The standard InChI is InChI=1S/C12H24O4/c1-4-8-15-12(16-9-5-2)7-6-10-14-11-13-3/h6,10,12H,4-5,7-9,11H2,1-3H3. The third kappa shape index (κ3) is 9.96. The number of rotatable bonds is 11. The molecular formula is C12H24O4. The van der Waals surface area contributed by atoms with Gasteiger partial charge in [0.05, 0.1) is 6.26 Å². The normalized spacial score (nSPS) is 11.5. The maximum atomic E-state index is 5.54. The summed E-state index contributed by atoms with van der Waals surface area (Å²) in [5.41, 5.74) is 0. The highest BCUT2D eigenvalue weighted by Crippen LogP contribution is 2.04. The summed E-state index contributed by atoms with van der Waals surface area (Å²) in [5, 5.41) is 0. The van der Waals surface area contributed by atoms with Gasteiger partial charge in [-0.3, -0.25) is 0 Å². The Labute approximate surface area is 98.5 Å². The van der Waals surface area contributed by atoms with Crippen LogP contribution in [0.2, 0.25) is 0 Å². The monoisotopic (exact) mass is 232 g/mol. The van der Waals surface area contributed by atoms with Crippen molar-refractivity contribution in [3.8, 4) is 0 Å². The minimum absolute atomic E-state index is 0.165. The van der Waals surface area contributed by atoms with Crippen LogP contribution < -0.4 is 0 Å². The molecule has 0 rings (SSSR count).